The molecule has 0 bridgehead atoms. The Balaban J connectivity index is 1.74. The zero-order valence-corrected chi connectivity index (χ0v) is 10.8. The van der Waals surface area contributed by atoms with Crippen LogP contribution < -0.4 is 5.32 Å². The molecule has 1 saturated carbocycles. The van der Waals surface area contributed by atoms with Crippen LogP contribution in [0.2, 0.25) is 0 Å². The maximum Gasteiger partial charge on any atom is 0.371 e. The van der Waals surface area contributed by atoms with Crippen molar-refractivity contribution in [3.05, 3.63) is 35.6 Å². The van der Waals surface area contributed by atoms with E-state index in [0.29, 0.717) is 11.6 Å². The summed E-state index contributed by atoms with van der Waals surface area (Å²) in [6.07, 6.45) is 2.66. The summed E-state index contributed by atoms with van der Waals surface area (Å²) in [5.41, 5.74) is 1.77. The fourth-order valence-corrected chi connectivity index (χ4v) is 2.35. The number of nitrogens with one attached hydrogen (secondary N) is 1. The molecule has 19 heavy (non-hydrogen) atoms. The van der Waals surface area contributed by atoms with Crippen LogP contribution in [0, 0.1) is 5.92 Å². The number of furan rings is 1. The number of hydrogen-bond donors (Lipinski definition) is 2. The molecule has 1 aliphatic carbocycles. The van der Waals surface area contributed by atoms with Gasteiger partial charge in [-0.15, -0.1) is 0 Å². The van der Waals surface area contributed by atoms with Gasteiger partial charge >= 0.3 is 5.97 Å². The van der Waals surface area contributed by atoms with Crippen LogP contribution in [0.1, 0.15) is 35.9 Å². The van der Waals surface area contributed by atoms with Crippen LogP contribution in [0.3, 0.4) is 0 Å². The Bertz CT molecular complexity index is 613. The average Bonchev–Trinajstić information content (AvgIpc) is 3.14. The predicted octanol–water partition coefficient (Wildman–Crippen LogP) is 3.02. The highest BCUT2D eigenvalue weighted by atomic mass is 16.4. The van der Waals surface area contributed by atoms with Gasteiger partial charge in [0.25, 0.3) is 0 Å². The van der Waals surface area contributed by atoms with Gasteiger partial charge in [-0.1, -0.05) is 6.07 Å². The van der Waals surface area contributed by atoms with Crippen molar-refractivity contribution in [2.24, 2.45) is 5.92 Å². The highest BCUT2D eigenvalue weighted by Crippen LogP contribution is 2.32. The molecule has 3 rings (SSSR count). The maximum absolute atomic E-state index is 10.8. The summed E-state index contributed by atoms with van der Waals surface area (Å²) >= 11 is 0. The smallest absolute Gasteiger partial charge is 0.371 e. The Morgan fingerprint density at radius 3 is 2.95 bits per heavy atom. The van der Waals surface area contributed by atoms with Crippen molar-refractivity contribution in [1.82, 2.24) is 5.32 Å². The van der Waals surface area contributed by atoms with Crippen molar-refractivity contribution in [2.75, 3.05) is 0 Å². The summed E-state index contributed by atoms with van der Waals surface area (Å²) in [6, 6.07) is 7.92. The van der Waals surface area contributed by atoms with E-state index in [1.165, 1.54) is 12.8 Å². The first-order valence-electron chi connectivity index (χ1n) is 6.62. The van der Waals surface area contributed by atoms with Gasteiger partial charge in [-0.2, -0.15) is 0 Å². The molecule has 0 amide bonds. The van der Waals surface area contributed by atoms with Crippen LogP contribution in [0.15, 0.2) is 28.7 Å². The second-order valence-corrected chi connectivity index (χ2v) is 5.29. The highest BCUT2D eigenvalue weighted by molar-refractivity contribution is 5.91. The van der Waals surface area contributed by atoms with Gasteiger partial charge in [0, 0.05) is 18.0 Å². The number of benzene rings is 1. The third-order valence-electron chi connectivity index (χ3n) is 3.75. The summed E-state index contributed by atoms with van der Waals surface area (Å²) in [7, 11) is 0. The molecule has 0 spiro atoms. The second kappa shape index (κ2) is 4.70. The SMILES string of the molecule is CC(NCc1ccc2oc(C(=O)O)cc2c1)C1CC1. The highest BCUT2D eigenvalue weighted by Gasteiger charge is 2.27. The number of aromatic carboxylic acids is 1. The van der Waals surface area contributed by atoms with E-state index < -0.39 is 5.97 Å². The molecule has 0 saturated heterocycles. The molecule has 0 aliphatic heterocycles. The predicted molar refractivity (Wildman–Crippen MR) is 72.2 cm³/mol. The first-order valence-corrected chi connectivity index (χ1v) is 6.62. The Hall–Kier alpha value is -1.81. The Labute approximate surface area is 111 Å². The molecular weight excluding hydrogens is 242 g/mol. The standard InChI is InChI=1S/C15H17NO3/c1-9(11-3-4-11)16-8-10-2-5-13-12(6-10)7-14(19-13)15(17)18/h2,5-7,9,11,16H,3-4,8H2,1H3,(H,17,18). The van der Waals surface area contributed by atoms with Gasteiger partial charge in [0.05, 0.1) is 0 Å². The molecule has 1 fully saturated rings. The number of carboxylic acid groups (broad SMARTS) is 1. The van der Waals surface area contributed by atoms with E-state index in [0.717, 1.165) is 23.4 Å². The van der Waals surface area contributed by atoms with Gasteiger partial charge in [0.1, 0.15) is 5.58 Å². The van der Waals surface area contributed by atoms with E-state index in [9.17, 15) is 4.79 Å². The van der Waals surface area contributed by atoms with E-state index in [1.54, 1.807) is 6.07 Å². The van der Waals surface area contributed by atoms with Gasteiger partial charge in [-0.3, -0.25) is 0 Å². The molecule has 100 valence electrons. The minimum atomic E-state index is -1.03. The second-order valence-electron chi connectivity index (χ2n) is 5.29. The lowest BCUT2D eigenvalue weighted by atomic mass is 10.1. The van der Waals surface area contributed by atoms with E-state index in [-0.39, 0.29) is 5.76 Å². The minimum Gasteiger partial charge on any atom is -0.475 e. The lowest BCUT2D eigenvalue weighted by Crippen LogP contribution is -2.27. The van der Waals surface area contributed by atoms with Crippen LogP contribution in [-0.2, 0) is 6.54 Å². The third-order valence-corrected chi connectivity index (χ3v) is 3.75. The van der Waals surface area contributed by atoms with Crippen molar-refractivity contribution >= 4 is 16.9 Å². The zero-order chi connectivity index (χ0) is 13.4. The number of carboxylic acids is 1. The Morgan fingerprint density at radius 2 is 2.26 bits per heavy atom. The molecule has 1 aromatic heterocycles. The number of hydrogen-bond acceptors (Lipinski definition) is 3. The van der Waals surface area contributed by atoms with Gasteiger partial charge < -0.3 is 14.8 Å². The molecule has 4 nitrogen and oxygen atoms in total. The topological polar surface area (TPSA) is 62.5 Å². The first-order chi connectivity index (χ1) is 9.13. The molecule has 1 atom stereocenters. The fourth-order valence-electron chi connectivity index (χ4n) is 2.35. The summed E-state index contributed by atoms with van der Waals surface area (Å²) in [5.74, 6) is -0.207. The van der Waals surface area contributed by atoms with Crippen LogP contribution in [0.25, 0.3) is 11.0 Å². The lowest BCUT2D eigenvalue weighted by molar-refractivity contribution is 0.0665. The molecule has 1 heterocycles. The molecule has 2 N–H and O–H groups in total. The molecular formula is C15H17NO3. The van der Waals surface area contributed by atoms with Gasteiger partial charge in [0.2, 0.25) is 5.76 Å². The summed E-state index contributed by atoms with van der Waals surface area (Å²) in [4.78, 5) is 10.8. The Morgan fingerprint density at radius 1 is 1.47 bits per heavy atom. The van der Waals surface area contributed by atoms with Crippen LogP contribution in [0.4, 0.5) is 0 Å². The summed E-state index contributed by atoms with van der Waals surface area (Å²) in [6.45, 7) is 3.03. The molecule has 1 unspecified atom stereocenters. The van der Waals surface area contributed by atoms with Crippen molar-refractivity contribution in [2.45, 2.75) is 32.4 Å². The molecule has 2 aromatic rings. The van der Waals surface area contributed by atoms with Crippen molar-refractivity contribution in [3.8, 4) is 0 Å². The number of fused-ring (bicyclic) bond motifs is 1. The van der Waals surface area contributed by atoms with Crippen molar-refractivity contribution in [1.29, 1.82) is 0 Å². The van der Waals surface area contributed by atoms with E-state index in [1.807, 2.05) is 18.2 Å². The van der Waals surface area contributed by atoms with E-state index >= 15 is 0 Å². The monoisotopic (exact) mass is 259 g/mol. The molecule has 1 aliphatic rings. The quantitative estimate of drug-likeness (QED) is 0.866. The fraction of sp³-hybridized carbons (Fsp3) is 0.400. The third kappa shape index (κ3) is 2.63. The minimum absolute atomic E-state index is 0.00791. The molecule has 1 aromatic carbocycles. The van der Waals surface area contributed by atoms with Crippen molar-refractivity contribution in [3.63, 3.8) is 0 Å². The van der Waals surface area contributed by atoms with Gasteiger partial charge in [-0.05, 0) is 49.4 Å². The Kier molecular flexibility index (Phi) is 3.03. The molecule has 4 heteroatoms. The normalized spacial score (nSPS) is 16.7. The van der Waals surface area contributed by atoms with Crippen molar-refractivity contribution < 1.29 is 14.3 Å². The van der Waals surface area contributed by atoms with Gasteiger partial charge in [0.15, 0.2) is 0 Å². The van der Waals surface area contributed by atoms with Gasteiger partial charge in [-0.25, -0.2) is 4.79 Å². The first kappa shape index (κ1) is 12.2. The number of rotatable bonds is 5. The average molecular weight is 259 g/mol. The van der Waals surface area contributed by atoms with Crippen LogP contribution >= 0.6 is 0 Å². The number of carbonyl (C=O) groups is 1. The maximum atomic E-state index is 10.8. The van der Waals surface area contributed by atoms with Crippen LogP contribution in [0.5, 0.6) is 0 Å². The van der Waals surface area contributed by atoms with E-state index in [2.05, 4.69) is 12.2 Å². The zero-order valence-electron chi connectivity index (χ0n) is 10.8. The summed E-state index contributed by atoms with van der Waals surface area (Å²) < 4.78 is 5.24. The van der Waals surface area contributed by atoms with E-state index in [4.69, 9.17) is 9.52 Å². The summed E-state index contributed by atoms with van der Waals surface area (Å²) in [5, 5.41) is 13.2. The largest absolute Gasteiger partial charge is 0.475 e. The molecule has 0 radical (unpaired) electrons. The lowest BCUT2D eigenvalue weighted by Gasteiger charge is -2.12. The van der Waals surface area contributed by atoms with Crippen LogP contribution in [-0.4, -0.2) is 17.1 Å².